The minimum atomic E-state index is -0.249. The van der Waals surface area contributed by atoms with Gasteiger partial charge < -0.3 is 9.47 Å². The summed E-state index contributed by atoms with van der Waals surface area (Å²) >= 11 is 0. The third kappa shape index (κ3) is 6.99. The molecule has 7 rings (SSSR count). The Morgan fingerprint density at radius 2 is 0.898 bits per heavy atom. The Morgan fingerprint density at radius 1 is 0.510 bits per heavy atom. The molecule has 0 unspecified atom stereocenters. The summed E-state index contributed by atoms with van der Waals surface area (Å²) in [6.45, 7) is 6.37. The molecule has 2 heterocycles. The topological polar surface area (TPSA) is 93.2 Å². The summed E-state index contributed by atoms with van der Waals surface area (Å²) in [4.78, 5) is 49.4. The van der Waals surface area contributed by atoms with Crippen LogP contribution in [0.4, 0.5) is 5.69 Å². The molecule has 5 aromatic rings. The highest BCUT2D eigenvalue weighted by atomic mass is 16.5. The number of hydrogen-bond donors (Lipinski definition) is 0. The van der Waals surface area contributed by atoms with Crippen molar-refractivity contribution in [3.8, 4) is 11.5 Å². The van der Waals surface area contributed by atoms with Crippen LogP contribution in [0.15, 0.2) is 121 Å². The fourth-order valence-electron chi connectivity index (χ4n) is 5.68. The van der Waals surface area contributed by atoms with Crippen molar-refractivity contribution in [3.63, 3.8) is 0 Å². The fourth-order valence-corrected chi connectivity index (χ4v) is 5.68. The maximum Gasteiger partial charge on any atom is 0.266 e. The number of fused-ring (bicyclic) bond motifs is 2. The van der Waals surface area contributed by atoms with Crippen LogP contribution in [0.3, 0.4) is 0 Å². The van der Waals surface area contributed by atoms with Crippen LogP contribution in [-0.2, 0) is 5.41 Å². The average Bonchev–Trinajstić information content (AvgIpc) is 3.52. The zero-order valence-corrected chi connectivity index (χ0v) is 28.4. The molecule has 0 saturated heterocycles. The van der Waals surface area contributed by atoms with Crippen molar-refractivity contribution < 1.29 is 28.7 Å². The quantitative estimate of drug-likeness (QED) is 0.180. The highest BCUT2D eigenvalue weighted by Gasteiger charge is 2.36. The Kier molecular flexibility index (Phi) is 10.1. The number of carbonyl (C=O) groups is 4. The van der Waals surface area contributed by atoms with Gasteiger partial charge in [-0.25, -0.2) is 4.90 Å². The molecule has 0 spiro atoms. The predicted octanol–water partition coefficient (Wildman–Crippen LogP) is 7.74. The maximum absolute atomic E-state index is 12.2. The van der Waals surface area contributed by atoms with Crippen LogP contribution in [0.2, 0.25) is 0 Å². The standard InChI is InChI=1S/C17H20O2.C15H11NO2.C9H7NO2/c1-17(2,13-5-9-15(18-3)10-6-13)14-7-11-16(19-4)12-8-14;1-10-5-4-6-11(9-10)16-14(17)12-7-2-3-8-13(12)15(16)18;1-10-8(11)6-4-2-3-5-7(6)9(10)12/h5-12H,1-4H3;2-9H,1H3;2-5H,1H3. The van der Waals surface area contributed by atoms with Gasteiger partial charge in [-0.3, -0.25) is 24.1 Å². The largest absolute Gasteiger partial charge is 0.497 e. The smallest absolute Gasteiger partial charge is 0.266 e. The van der Waals surface area contributed by atoms with Crippen molar-refractivity contribution in [3.05, 3.63) is 160 Å². The van der Waals surface area contributed by atoms with Crippen LogP contribution in [0.25, 0.3) is 0 Å². The lowest BCUT2D eigenvalue weighted by Gasteiger charge is -2.26. The second-order valence-corrected chi connectivity index (χ2v) is 12.1. The normalized spacial score (nSPS) is 13.2. The summed E-state index contributed by atoms with van der Waals surface area (Å²) in [7, 11) is 4.86. The fraction of sp³-hybridized carbons (Fsp3) is 0.171. The van der Waals surface area contributed by atoms with Crippen molar-refractivity contribution in [2.24, 2.45) is 0 Å². The number of carbonyl (C=O) groups excluding carboxylic acids is 4. The SMILES string of the molecule is CN1C(=O)c2ccccc2C1=O.COc1ccc(C(C)(C)c2ccc(OC)cc2)cc1.Cc1cccc(N2C(=O)c3ccccc3C2=O)c1. The first kappa shape index (κ1) is 34.3. The number of amides is 4. The summed E-state index contributed by atoms with van der Waals surface area (Å²) in [5.41, 5.74) is 6.09. The van der Waals surface area contributed by atoms with Gasteiger partial charge in [0.2, 0.25) is 0 Å². The van der Waals surface area contributed by atoms with Gasteiger partial charge in [0.25, 0.3) is 23.6 Å². The minimum Gasteiger partial charge on any atom is -0.497 e. The molecule has 0 aromatic heterocycles. The van der Waals surface area contributed by atoms with E-state index in [9.17, 15) is 19.2 Å². The molecule has 0 bridgehead atoms. The van der Waals surface area contributed by atoms with Gasteiger partial charge in [0.15, 0.2) is 0 Å². The number of imide groups is 2. The zero-order valence-electron chi connectivity index (χ0n) is 28.4. The number of nitrogens with zero attached hydrogens (tertiary/aromatic N) is 2. The first-order valence-corrected chi connectivity index (χ1v) is 15.7. The summed E-state index contributed by atoms with van der Waals surface area (Å²) < 4.78 is 10.4. The minimum absolute atomic E-state index is 0.0431. The summed E-state index contributed by atoms with van der Waals surface area (Å²) in [6, 6.07) is 37.6. The first-order chi connectivity index (χ1) is 23.5. The van der Waals surface area contributed by atoms with Gasteiger partial charge in [0, 0.05) is 12.5 Å². The van der Waals surface area contributed by atoms with Gasteiger partial charge in [-0.2, -0.15) is 0 Å². The van der Waals surface area contributed by atoms with Crippen LogP contribution in [0, 0.1) is 6.92 Å². The number of hydrogen-bond acceptors (Lipinski definition) is 6. The molecule has 0 saturated carbocycles. The van der Waals surface area contributed by atoms with E-state index in [4.69, 9.17) is 9.47 Å². The van der Waals surface area contributed by atoms with Gasteiger partial charge in [-0.1, -0.05) is 74.5 Å². The van der Waals surface area contributed by atoms with E-state index in [1.807, 2.05) is 49.4 Å². The monoisotopic (exact) mass is 654 g/mol. The van der Waals surface area contributed by atoms with E-state index >= 15 is 0 Å². The van der Waals surface area contributed by atoms with E-state index in [-0.39, 0.29) is 29.0 Å². The molecule has 0 N–H and O–H groups in total. The molecule has 0 radical (unpaired) electrons. The third-order valence-corrected chi connectivity index (χ3v) is 8.67. The highest BCUT2D eigenvalue weighted by Crippen LogP contribution is 2.33. The molecule has 0 fully saturated rings. The number of anilines is 1. The van der Waals surface area contributed by atoms with Crippen molar-refractivity contribution >= 4 is 29.3 Å². The van der Waals surface area contributed by atoms with E-state index < -0.39 is 0 Å². The summed E-state index contributed by atoms with van der Waals surface area (Å²) in [6.07, 6.45) is 0. The molecule has 0 aliphatic carbocycles. The molecule has 4 amide bonds. The van der Waals surface area contributed by atoms with Gasteiger partial charge in [-0.05, 0) is 84.3 Å². The van der Waals surface area contributed by atoms with Crippen molar-refractivity contribution in [1.82, 2.24) is 4.90 Å². The van der Waals surface area contributed by atoms with Gasteiger partial charge in [-0.15, -0.1) is 0 Å². The predicted molar refractivity (Wildman–Crippen MR) is 190 cm³/mol. The van der Waals surface area contributed by atoms with Crippen LogP contribution in [0.1, 0.15) is 72.0 Å². The summed E-state index contributed by atoms with van der Waals surface area (Å²) in [5, 5.41) is 0. The van der Waals surface area contributed by atoms with E-state index in [1.54, 1.807) is 68.8 Å². The Balaban J connectivity index is 0.000000147. The lowest BCUT2D eigenvalue weighted by Crippen LogP contribution is -2.29. The first-order valence-electron chi connectivity index (χ1n) is 15.7. The molecule has 248 valence electrons. The average molecular weight is 655 g/mol. The van der Waals surface area contributed by atoms with Crippen LogP contribution in [0.5, 0.6) is 11.5 Å². The van der Waals surface area contributed by atoms with Crippen LogP contribution in [-0.4, -0.2) is 49.8 Å². The number of methoxy groups -OCH3 is 2. The molecule has 2 aliphatic rings. The molecule has 2 aliphatic heterocycles. The Hall–Kier alpha value is -6.02. The third-order valence-electron chi connectivity index (χ3n) is 8.67. The molecule has 8 heteroatoms. The highest BCUT2D eigenvalue weighted by molar-refractivity contribution is 6.34. The molecule has 49 heavy (non-hydrogen) atoms. The van der Waals surface area contributed by atoms with Gasteiger partial charge >= 0.3 is 0 Å². The van der Waals surface area contributed by atoms with Gasteiger partial charge in [0.1, 0.15) is 11.5 Å². The molecule has 5 aromatic carbocycles. The molecule has 0 atom stereocenters. The van der Waals surface area contributed by atoms with Crippen molar-refractivity contribution in [2.75, 3.05) is 26.2 Å². The number of ether oxygens (including phenoxy) is 2. The van der Waals surface area contributed by atoms with E-state index in [2.05, 4.69) is 38.1 Å². The lowest BCUT2D eigenvalue weighted by molar-refractivity contribution is 0.0692. The van der Waals surface area contributed by atoms with Crippen LogP contribution < -0.4 is 14.4 Å². The van der Waals surface area contributed by atoms with Crippen LogP contribution >= 0.6 is 0 Å². The molecular formula is C41H38N2O6. The second kappa shape index (κ2) is 14.4. The van der Waals surface area contributed by atoms with Crippen molar-refractivity contribution in [1.29, 1.82) is 0 Å². The van der Waals surface area contributed by atoms with E-state index in [1.165, 1.54) is 23.1 Å². The number of benzene rings is 5. The van der Waals surface area contributed by atoms with E-state index in [0.717, 1.165) is 22.0 Å². The Morgan fingerprint density at radius 3 is 1.27 bits per heavy atom. The van der Waals surface area contributed by atoms with Gasteiger partial charge in [0.05, 0.1) is 42.2 Å². The maximum atomic E-state index is 12.2. The Bertz CT molecular complexity index is 1900. The molecular weight excluding hydrogens is 616 g/mol. The number of aryl methyl sites for hydroxylation is 1. The zero-order chi connectivity index (χ0) is 35.3. The lowest BCUT2D eigenvalue weighted by atomic mass is 9.78. The van der Waals surface area contributed by atoms with Crippen molar-refractivity contribution in [2.45, 2.75) is 26.2 Å². The molecule has 8 nitrogen and oxygen atoms in total. The summed E-state index contributed by atoms with van der Waals surface area (Å²) in [5.74, 6) is 0.845. The second-order valence-electron chi connectivity index (χ2n) is 12.1. The number of rotatable bonds is 5. The Labute approximate surface area is 286 Å². The van der Waals surface area contributed by atoms with E-state index in [0.29, 0.717) is 27.9 Å².